The van der Waals surface area contributed by atoms with Gasteiger partial charge in [-0.1, -0.05) is 25.8 Å². The number of nitrogens with one attached hydrogen (secondary N) is 1. The summed E-state index contributed by atoms with van der Waals surface area (Å²) in [4.78, 5) is 24.7. The molecule has 0 saturated heterocycles. The maximum absolute atomic E-state index is 12.1. The Balaban J connectivity index is 1.65. The molecule has 0 aliphatic heterocycles. The average molecular weight is 321 g/mol. The predicted octanol–water partition coefficient (Wildman–Crippen LogP) is 2.26. The lowest BCUT2D eigenvalue weighted by molar-refractivity contribution is -0.123. The van der Waals surface area contributed by atoms with E-state index in [1.165, 1.54) is 17.8 Å². The Morgan fingerprint density at radius 2 is 2.32 bits per heavy atom. The average Bonchev–Trinajstić information content (AvgIpc) is 3.12. The summed E-state index contributed by atoms with van der Waals surface area (Å²) in [7, 11) is 0. The van der Waals surface area contributed by atoms with E-state index in [0.717, 1.165) is 28.8 Å². The lowest BCUT2D eigenvalue weighted by atomic mass is 9.86. The van der Waals surface area contributed by atoms with Crippen LogP contribution in [0.25, 0.3) is 10.8 Å². The van der Waals surface area contributed by atoms with E-state index in [-0.39, 0.29) is 24.4 Å². The van der Waals surface area contributed by atoms with E-state index < -0.39 is 5.76 Å². The van der Waals surface area contributed by atoms with Crippen molar-refractivity contribution in [2.75, 3.05) is 0 Å². The molecule has 0 aromatic carbocycles. The molecule has 0 radical (unpaired) electrons. The van der Waals surface area contributed by atoms with Crippen LogP contribution in [0.15, 0.2) is 26.7 Å². The highest BCUT2D eigenvalue weighted by Gasteiger charge is 2.23. The first kappa shape index (κ1) is 15.0. The van der Waals surface area contributed by atoms with Crippen molar-refractivity contribution in [1.82, 2.24) is 15.1 Å². The van der Waals surface area contributed by atoms with Gasteiger partial charge in [-0.25, -0.2) is 4.79 Å². The lowest BCUT2D eigenvalue weighted by Gasteiger charge is -2.29. The number of hydrogen-bond acceptors (Lipinski definition) is 5. The van der Waals surface area contributed by atoms with Gasteiger partial charge in [0.15, 0.2) is 0 Å². The van der Waals surface area contributed by atoms with Crippen molar-refractivity contribution in [1.29, 1.82) is 0 Å². The van der Waals surface area contributed by atoms with E-state index in [4.69, 9.17) is 4.42 Å². The molecule has 22 heavy (non-hydrogen) atoms. The first-order valence-corrected chi connectivity index (χ1v) is 8.42. The van der Waals surface area contributed by atoms with Crippen molar-refractivity contribution in [3.63, 3.8) is 0 Å². The first-order valence-electron chi connectivity index (χ1n) is 7.54. The lowest BCUT2D eigenvalue weighted by Crippen LogP contribution is -2.43. The van der Waals surface area contributed by atoms with E-state index >= 15 is 0 Å². The summed E-state index contributed by atoms with van der Waals surface area (Å²) < 4.78 is 6.18. The van der Waals surface area contributed by atoms with Gasteiger partial charge in [-0.05, 0) is 30.2 Å². The van der Waals surface area contributed by atoms with Crippen LogP contribution >= 0.6 is 11.3 Å². The first-order chi connectivity index (χ1) is 10.6. The third-order valence-corrected chi connectivity index (χ3v) is 4.95. The third-order valence-electron chi connectivity index (χ3n) is 4.09. The SMILES string of the molecule is CC1CCCCC1NC(=O)Cn1nc(-c2cccs2)oc1=O. The summed E-state index contributed by atoms with van der Waals surface area (Å²) in [6.07, 6.45) is 4.50. The van der Waals surface area contributed by atoms with E-state index in [2.05, 4.69) is 17.3 Å². The van der Waals surface area contributed by atoms with E-state index in [0.29, 0.717) is 5.92 Å². The van der Waals surface area contributed by atoms with Crippen molar-refractivity contribution in [2.45, 2.75) is 45.2 Å². The van der Waals surface area contributed by atoms with Gasteiger partial charge in [-0.2, -0.15) is 4.68 Å². The van der Waals surface area contributed by atoms with Crippen LogP contribution < -0.4 is 11.1 Å². The van der Waals surface area contributed by atoms with Crippen LogP contribution in [0.2, 0.25) is 0 Å². The minimum Gasteiger partial charge on any atom is -0.387 e. The smallest absolute Gasteiger partial charge is 0.387 e. The van der Waals surface area contributed by atoms with E-state index in [1.54, 1.807) is 0 Å². The summed E-state index contributed by atoms with van der Waals surface area (Å²) >= 11 is 1.44. The molecule has 2 aromatic rings. The molecular weight excluding hydrogens is 302 g/mol. The second-order valence-corrected chi connectivity index (χ2v) is 6.69. The van der Waals surface area contributed by atoms with Gasteiger partial charge in [-0.15, -0.1) is 16.4 Å². The molecule has 0 spiro atoms. The molecule has 1 aliphatic rings. The Bertz CT molecular complexity index is 689. The minimum atomic E-state index is -0.602. The highest BCUT2D eigenvalue weighted by atomic mass is 32.1. The fourth-order valence-electron chi connectivity index (χ4n) is 2.83. The molecule has 6 nitrogen and oxygen atoms in total. The van der Waals surface area contributed by atoms with Crippen LogP contribution in [0.4, 0.5) is 0 Å². The van der Waals surface area contributed by atoms with Gasteiger partial charge >= 0.3 is 5.76 Å². The zero-order valence-electron chi connectivity index (χ0n) is 12.4. The summed E-state index contributed by atoms with van der Waals surface area (Å²) in [5, 5.41) is 8.98. The maximum Gasteiger partial charge on any atom is 0.437 e. The van der Waals surface area contributed by atoms with Gasteiger partial charge < -0.3 is 9.73 Å². The van der Waals surface area contributed by atoms with Crippen LogP contribution in [0.5, 0.6) is 0 Å². The number of carbonyl (C=O) groups is 1. The molecule has 0 bridgehead atoms. The quantitative estimate of drug-likeness (QED) is 0.937. The fraction of sp³-hybridized carbons (Fsp3) is 0.533. The van der Waals surface area contributed by atoms with Crippen molar-refractivity contribution in [3.8, 4) is 10.8 Å². The van der Waals surface area contributed by atoms with Crippen LogP contribution in [-0.2, 0) is 11.3 Å². The normalized spacial score (nSPS) is 21.7. The van der Waals surface area contributed by atoms with Crippen molar-refractivity contribution >= 4 is 17.2 Å². The fourth-order valence-corrected chi connectivity index (χ4v) is 3.47. The monoisotopic (exact) mass is 321 g/mol. The number of nitrogens with zero attached hydrogens (tertiary/aromatic N) is 2. The molecule has 2 aromatic heterocycles. The van der Waals surface area contributed by atoms with Crippen LogP contribution in [0.1, 0.15) is 32.6 Å². The molecule has 2 unspecified atom stereocenters. The predicted molar refractivity (Wildman–Crippen MR) is 83.6 cm³/mol. The largest absolute Gasteiger partial charge is 0.437 e. The second kappa shape index (κ2) is 6.48. The Kier molecular flexibility index (Phi) is 4.42. The highest BCUT2D eigenvalue weighted by molar-refractivity contribution is 7.13. The molecule has 1 fully saturated rings. The molecule has 3 rings (SSSR count). The zero-order chi connectivity index (χ0) is 15.5. The van der Waals surface area contributed by atoms with Crippen LogP contribution in [0, 0.1) is 5.92 Å². The molecule has 2 heterocycles. The van der Waals surface area contributed by atoms with Crippen LogP contribution in [0.3, 0.4) is 0 Å². The molecular formula is C15H19N3O3S. The molecule has 7 heteroatoms. The number of rotatable bonds is 4. The van der Waals surface area contributed by atoms with E-state index in [9.17, 15) is 9.59 Å². The third kappa shape index (κ3) is 3.30. The molecule has 1 aliphatic carbocycles. The molecule has 118 valence electrons. The summed E-state index contributed by atoms with van der Waals surface area (Å²) in [6.45, 7) is 2.05. The van der Waals surface area contributed by atoms with Crippen molar-refractivity contribution in [3.05, 3.63) is 28.1 Å². The minimum absolute atomic E-state index is 0.100. The van der Waals surface area contributed by atoms with Gasteiger partial charge in [0, 0.05) is 6.04 Å². The van der Waals surface area contributed by atoms with Gasteiger partial charge in [0.1, 0.15) is 6.54 Å². The van der Waals surface area contributed by atoms with Crippen LogP contribution in [-0.4, -0.2) is 21.7 Å². The number of thiophene rings is 1. The molecule has 2 atom stereocenters. The topological polar surface area (TPSA) is 77.1 Å². The molecule has 1 N–H and O–H groups in total. The van der Waals surface area contributed by atoms with Gasteiger partial charge in [-0.3, -0.25) is 4.79 Å². The standard InChI is InChI=1S/C15H19N3O3S/c1-10-5-2-3-6-11(10)16-13(19)9-18-15(20)21-14(17-18)12-7-4-8-22-12/h4,7-8,10-11H,2-3,5-6,9H2,1H3,(H,16,19). The Labute approximate surface area is 132 Å². The van der Waals surface area contributed by atoms with Crippen molar-refractivity contribution in [2.24, 2.45) is 5.92 Å². The summed E-state index contributed by atoms with van der Waals surface area (Å²) in [5.41, 5.74) is 0. The number of carbonyl (C=O) groups excluding carboxylic acids is 1. The van der Waals surface area contributed by atoms with E-state index in [1.807, 2.05) is 17.5 Å². The van der Waals surface area contributed by atoms with Gasteiger partial charge in [0.05, 0.1) is 4.88 Å². The number of hydrogen-bond donors (Lipinski definition) is 1. The zero-order valence-corrected chi connectivity index (χ0v) is 13.3. The Morgan fingerprint density at radius 1 is 1.50 bits per heavy atom. The Hall–Kier alpha value is -1.89. The molecule has 1 amide bonds. The Morgan fingerprint density at radius 3 is 3.05 bits per heavy atom. The highest BCUT2D eigenvalue weighted by Crippen LogP contribution is 2.24. The van der Waals surface area contributed by atoms with Gasteiger partial charge in [0.2, 0.25) is 5.91 Å². The van der Waals surface area contributed by atoms with Crippen molar-refractivity contribution < 1.29 is 9.21 Å². The number of amides is 1. The summed E-state index contributed by atoms with van der Waals surface area (Å²) in [6, 6.07) is 3.88. The second-order valence-electron chi connectivity index (χ2n) is 5.74. The summed E-state index contributed by atoms with van der Waals surface area (Å²) in [5.74, 6) is -0.0469. The molecule has 1 saturated carbocycles. The number of aromatic nitrogens is 2. The van der Waals surface area contributed by atoms with Gasteiger partial charge in [0.25, 0.3) is 5.89 Å². The maximum atomic E-state index is 12.1.